The quantitative estimate of drug-likeness (QED) is 0.571. The Bertz CT molecular complexity index is 606. The first-order valence-electron chi connectivity index (χ1n) is 6.13. The van der Waals surface area contributed by atoms with Crippen LogP contribution in [0, 0.1) is 0 Å². The van der Waals surface area contributed by atoms with Crippen molar-refractivity contribution in [3.8, 4) is 11.5 Å². The molecule has 2 aromatic rings. The number of carbonyl (C=O) groups is 1. The van der Waals surface area contributed by atoms with Crippen molar-refractivity contribution in [1.82, 2.24) is 4.98 Å². The smallest absolute Gasteiger partial charge is 0.257 e. The Morgan fingerprint density at radius 3 is 2.29 bits per heavy atom. The van der Waals surface area contributed by atoms with Crippen LogP contribution in [0.25, 0.3) is 0 Å². The number of amides is 1. The van der Waals surface area contributed by atoms with E-state index in [1.54, 1.807) is 44.6 Å². The zero-order valence-corrected chi connectivity index (χ0v) is 11.7. The van der Waals surface area contributed by atoms with Gasteiger partial charge < -0.3 is 20.2 Å². The molecule has 1 amide bonds. The number of nitrogens with zero attached hydrogens (tertiary/aromatic N) is 1. The normalized spacial score (nSPS) is 9.86. The molecule has 0 spiro atoms. The Balaban J connectivity index is 2.18. The number of aromatic nitrogens is 1. The lowest BCUT2D eigenvalue weighted by Gasteiger charge is -2.10. The van der Waals surface area contributed by atoms with Crippen LogP contribution in [0.3, 0.4) is 0 Å². The molecule has 7 nitrogen and oxygen atoms in total. The minimum Gasteiger partial charge on any atom is -0.497 e. The molecule has 21 heavy (non-hydrogen) atoms. The van der Waals surface area contributed by atoms with Crippen LogP contribution in [0.5, 0.6) is 11.5 Å². The van der Waals surface area contributed by atoms with E-state index in [2.05, 4.69) is 15.7 Å². The van der Waals surface area contributed by atoms with Crippen LogP contribution in [-0.2, 0) is 0 Å². The van der Waals surface area contributed by atoms with Gasteiger partial charge in [-0.05, 0) is 12.1 Å². The van der Waals surface area contributed by atoms with Crippen LogP contribution in [-0.4, -0.2) is 25.1 Å². The number of rotatable bonds is 5. The second kappa shape index (κ2) is 6.58. The maximum atomic E-state index is 12.1. The maximum absolute atomic E-state index is 12.1. The van der Waals surface area contributed by atoms with E-state index in [1.807, 2.05) is 0 Å². The number of benzene rings is 1. The number of methoxy groups -OCH3 is 2. The van der Waals surface area contributed by atoms with Crippen molar-refractivity contribution < 1.29 is 14.3 Å². The molecule has 0 aliphatic carbocycles. The summed E-state index contributed by atoms with van der Waals surface area (Å²) in [6, 6.07) is 8.35. The second-order valence-electron chi connectivity index (χ2n) is 4.13. The minimum atomic E-state index is -0.290. The fraction of sp³-hybridized carbons (Fsp3) is 0.143. The third kappa shape index (κ3) is 3.61. The third-order valence-electron chi connectivity index (χ3n) is 2.78. The van der Waals surface area contributed by atoms with Gasteiger partial charge in [0.25, 0.3) is 5.91 Å². The van der Waals surface area contributed by atoms with Gasteiger partial charge in [0.2, 0.25) is 0 Å². The van der Waals surface area contributed by atoms with Gasteiger partial charge in [0.1, 0.15) is 17.3 Å². The topological polar surface area (TPSA) is 98.5 Å². The summed E-state index contributed by atoms with van der Waals surface area (Å²) in [6.07, 6.45) is 1.43. The standard InChI is InChI=1S/C14H16N4O3/c1-20-11-5-10(6-12(7-11)21-2)17-14(19)9-3-4-13(18-15)16-8-9/h3-8H,15H2,1-2H3,(H,16,18)(H,17,19). The van der Waals surface area contributed by atoms with Crippen LogP contribution in [0.1, 0.15) is 10.4 Å². The number of hydrazine groups is 1. The highest BCUT2D eigenvalue weighted by Crippen LogP contribution is 2.26. The summed E-state index contributed by atoms with van der Waals surface area (Å²) in [5.41, 5.74) is 3.38. The monoisotopic (exact) mass is 288 g/mol. The number of nitrogens with two attached hydrogens (primary N) is 1. The Labute approximate surface area is 122 Å². The summed E-state index contributed by atoms with van der Waals surface area (Å²) in [7, 11) is 3.09. The summed E-state index contributed by atoms with van der Waals surface area (Å²) in [4.78, 5) is 16.1. The lowest BCUT2D eigenvalue weighted by Crippen LogP contribution is -2.13. The van der Waals surface area contributed by atoms with Gasteiger partial charge in [0, 0.05) is 30.1 Å². The highest BCUT2D eigenvalue weighted by Gasteiger charge is 2.09. The van der Waals surface area contributed by atoms with E-state index >= 15 is 0 Å². The zero-order chi connectivity index (χ0) is 15.2. The molecule has 0 aliphatic heterocycles. The highest BCUT2D eigenvalue weighted by atomic mass is 16.5. The molecule has 1 heterocycles. The molecule has 0 fully saturated rings. The summed E-state index contributed by atoms with van der Waals surface area (Å²) in [5, 5.41) is 2.75. The predicted octanol–water partition coefficient (Wildman–Crippen LogP) is 1.64. The van der Waals surface area contributed by atoms with Gasteiger partial charge in [-0.1, -0.05) is 0 Å². The third-order valence-corrected chi connectivity index (χ3v) is 2.78. The Morgan fingerprint density at radius 1 is 1.14 bits per heavy atom. The van der Waals surface area contributed by atoms with E-state index in [1.165, 1.54) is 6.20 Å². The molecule has 0 radical (unpaired) electrons. The van der Waals surface area contributed by atoms with Crippen LogP contribution >= 0.6 is 0 Å². The molecule has 0 saturated carbocycles. The van der Waals surface area contributed by atoms with E-state index in [-0.39, 0.29) is 5.91 Å². The van der Waals surface area contributed by atoms with Gasteiger partial charge in [0.05, 0.1) is 19.8 Å². The molecule has 0 bridgehead atoms. The molecule has 0 saturated heterocycles. The minimum absolute atomic E-state index is 0.290. The first kappa shape index (κ1) is 14.6. The maximum Gasteiger partial charge on any atom is 0.257 e. The molecule has 0 atom stereocenters. The number of ether oxygens (including phenoxy) is 2. The van der Waals surface area contributed by atoms with Crippen molar-refractivity contribution in [2.75, 3.05) is 25.0 Å². The van der Waals surface area contributed by atoms with Gasteiger partial charge in [-0.2, -0.15) is 0 Å². The van der Waals surface area contributed by atoms with E-state index in [0.717, 1.165) is 0 Å². The van der Waals surface area contributed by atoms with Gasteiger partial charge in [-0.15, -0.1) is 0 Å². The number of hydrogen-bond donors (Lipinski definition) is 3. The molecule has 1 aromatic carbocycles. The lowest BCUT2D eigenvalue weighted by molar-refractivity contribution is 0.102. The number of nitrogen functional groups attached to an aromatic ring is 1. The molecule has 0 aliphatic rings. The Morgan fingerprint density at radius 2 is 1.81 bits per heavy atom. The number of anilines is 2. The van der Waals surface area contributed by atoms with E-state index in [4.69, 9.17) is 15.3 Å². The largest absolute Gasteiger partial charge is 0.497 e. The second-order valence-corrected chi connectivity index (χ2v) is 4.13. The predicted molar refractivity (Wildman–Crippen MR) is 79.5 cm³/mol. The van der Waals surface area contributed by atoms with Crippen molar-refractivity contribution in [2.45, 2.75) is 0 Å². The average Bonchev–Trinajstić information content (AvgIpc) is 2.54. The van der Waals surface area contributed by atoms with E-state index < -0.39 is 0 Å². The molecule has 4 N–H and O–H groups in total. The van der Waals surface area contributed by atoms with Crippen LogP contribution < -0.4 is 26.1 Å². The SMILES string of the molecule is COc1cc(NC(=O)c2ccc(NN)nc2)cc(OC)c1. The summed E-state index contributed by atoms with van der Waals surface area (Å²) in [6.45, 7) is 0. The van der Waals surface area contributed by atoms with Crippen LogP contribution in [0.2, 0.25) is 0 Å². The fourth-order valence-corrected chi connectivity index (χ4v) is 1.70. The van der Waals surface area contributed by atoms with Gasteiger partial charge >= 0.3 is 0 Å². The van der Waals surface area contributed by atoms with Crippen molar-refractivity contribution in [2.24, 2.45) is 5.84 Å². The highest BCUT2D eigenvalue weighted by molar-refractivity contribution is 6.04. The average molecular weight is 288 g/mol. The fourth-order valence-electron chi connectivity index (χ4n) is 1.70. The number of pyridine rings is 1. The Kier molecular flexibility index (Phi) is 4.57. The van der Waals surface area contributed by atoms with Gasteiger partial charge in [0.15, 0.2) is 0 Å². The van der Waals surface area contributed by atoms with Crippen molar-refractivity contribution in [3.05, 3.63) is 42.1 Å². The van der Waals surface area contributed by atoms with E-state index in [9.17, 15) is 4.79 Å². The lowest BCUT2D eigenvalue weighted by atomic mass is 10.2. The van der Waals surface area contributed by atoms with Crippen molar-refractivity contribution in [1.29, 1.82) is 0 Å². The number of carbonyl (C=O) groups excluding carboxylic acids is 1. The summed E-state index contributed by atoms with van der Waals surface area (Å²) < 4.78 is 10.3. The zero-order valence-electron chi connectivity index (χ0n) is 11.7. The number of hydrogen-bond acceptors (Lipinski definition) is 6. The van der Waals surface area contributed by atoms with Gasteiger partial charge in [-0.3, -0.25) is 4.79 Å². The van der Waals surface area contributed by atoms with E-state index in [0.29, 0.717) is 28.6 Å². The first-order chi connectivity index (χ1) is 10.2. The Hall–Kier alpha value is -2.80. The van der Waals surface area contributed by atoms with Crippen LogP contribution in [0.15, 0.2) is 36.5 Å². The van der Waals surface area contributed by atoms with Crippen molar-refractivity contribution in [3.63, 3.8) is 0 Å². The number of nitrogens with one attached hydrogen (secondary N) is 2. The molecule has 110 valence electrons. The molecule has 1 aromatic heterocycles. The molecular weight excluding hydrogens is 272 g/mol. The van der Waals surface area contributed by atoms with Gasteiger partial charge in [-0.25, -0.2) is 10.8 Å². The van der Waals surface area contributed by atoms with Crippen molar-refractivity contribution >= 4 is 17.4 Å². The molecular formula is C14H16N4O3. The molecule has 7 heteroatoms. The summed E-state index contributed by atoms with van der Waals surface area (Å²) >= 11 is 0. The van der Waals surface area contributed by atoms with Crippen LogP contribution in [0.4, 0.5) is 11.5 Å². The molecule has 0 unspecified atom stereocenters. The molecule has 2 rings (SSSR count). The first-order valence-corrected chi connectivity index (χ1v) is 6.13. The summed E-state index contributed by atoms with van der Waals surface area (Å²) in [5.74, 6) is 6.59.